The van der Waals surface area contributed by atoms with E-state index in [9.17, 15) is 0 Å². The Morgan fingerprint density at radius 2 is 0.800 bits per heavy atom. The number of phenols is 2. The molecule has 0 aromatic heterocycles. The monoisotopic (exact) mass is 228 g/mol. The van der Waals surface area contributed by atoms with Crippen molar-refractivity contribution in [2.75, 3.05) is 0 Å². The molecule has 2 rings (SSSR count). The first-order chi connectivity index (χ1) is 6.79. The van der Waals surface area contributed by atoms with Crippen molar-refractivity contribution in [3.8, 4) is 11.5 Å². The molecule has 0 amide bonds. The number of hydrogen-bond acceptors (Lipinski definition) is 2. The molecule has 2 nitrogen and oxygen atoms in total. The third kappa shape index (κ3) is 7.25. The minimum absolute atomic E-state index is 0. The van der Waals surface area contributed by atoms with E-state index < -0.39 is 0 Å². The van der Waals surface area contributed by atoms with Crippen molar-refractivity contribution in [3.63, 3.8) is 0 Å². The van der Waals surface area contributed by atoms with E-state index in [0.717, 1.165) is 0 Å². The van der Waals surface area contributed by atoms with Gasteiger partial charge in [0.1, 0.15) is 11.5 Å². The first-order valence-corrected chi connectivity index (χ1v) is 4.27. The van der Waals surface area contributed by atoms with Gasteiger partial charge < -0.3 is 10.2 Å². The van der Waals surface area contributed by atoms with Crippen LogP contribution in [0.15, 0.2) is 60.7 Å². The Bertz CT molecular complexity index is 311. The fourth-order valence-corrected chi connectivity index (χ4v) is 0.856. The Labute approximate surface area is 119 Å². The van der Waals surface area contributed by atoms with Crippen molar-refractivity contribution in [2.45, 2.75) is 0 Å². The van der Waals surface area contributed by atoms with Crippen LogP contribution in [0.5, 0.6) is 11.5 Å². The van der Waals surface area contributed by atoms with Crippen LogP contribution in [0.1, 0.15) is 0 Å². The van der Waals surface area contributed by atoms with Crippen molar-refractivity contribution < 1.29 is 48.0 Å². The van der Waals surface area contributed by atoms with E-state index in [1.54, 1.807) is 48.5 Å². The fraction of sp³-hybridized carbons (Fsp3) is 0. The predicted molar refractivity (Wildman–Crippen MR) is 56.2 cm³/mol. The molecule has 0 radical (unpaired) electrons. The Morgan fingerprint density at radius 1 is 0.533 bits per heavy atom. The topological polar surface area (TPSA) is 40.5 Å². The van der Waals surface area contributed by atoms with Crippen LogP contribution in [0, 0.1) is 37.7 Å². The van der Waals surface area contributed by atoms with Crippen molar-refractivity contribution in [1.29, 1.82) is 0 Å². The number of para-hydroxylation sites is 2. The van der Waals surface area contributed by atoms with Crippen molar-refractivity contribution >= 4 is 0 Å². The molecule has 0 aliphatic rings. The van der Waals surface area contributed by atoms with Crippen LogP contribution in [-0.4, -0.2) is 10.2 Å². The Morgan fingerprint density at radius 3 is 0.933 bits per heavy atom. The second-order valence-corrected chi connectivity index (χ2v) is 2.67. The summed E-state index contributed by atoms with van der Waals surface area (Å²) in [6.45, 7) is 0. The summed E-state index contributed by atoms with van der Waals surface area (Å²) in [5, 5.41) is 17.3. The third-order valence-corrected chi connectivity index (χ3v) is 1.51. The molecule has 3 heteroatoms. The van der Waals surface area contributed by atoms with Gasteiger partial charge in [-0.3, -0.25) is 0 Å². The number of rotatable bonds is 0. The molecular formula is C12H12ArO2. The van der Waals surface area contributed by atoms with E-state index in [1.165, 1.54) is 0 Å². The molecule has 80 valence electrons. The van der Waals surface area contributed by atoms with Gasteiger partial charge in [-0.05, 0) is 24.3 Å². The molecule has 0 aliphatic heterocycles. The molecule has 0 heterocycles. The zero-order valence-corrected chi connectivity index (χ0v) is 8.73. The summed E-state index contributed by atoms with van der Waals surface area (Å²) in [4.78, 5) is 0. The molecule has 15 heavy (non-hydrogen) atoms. The third-order valence-electron chi connectivity index (χ3n) is 1.51. The second kappa shape index (κ2) is 8.60. The van der Waals surface area contributed by atoms with E-state index >= 15 is 0 Å². The zero-order chi connectivity index (χ0) is 10.2. The van der Waals surface area contributed by atoms with Crippen LogP contribution in [-0.2, 0) is 0 Å². The quantitative estimate of drug-likeness (QED) is 0.727. The summed E-state index contributed by atoms with van der Waals surface area (Å²) in [5.41, 5.74) is 0. The Kier molecular flexibility index (Phi) is 8.19. The Balaban J connectivity index is 0.000000245. The molecular weight excluding hydrogens is 216 g/mol. The molecule has 0 unspecified atom stereocenters. The summed E-state index contributed by atoms with van der Waals surface area (Å²) < 4.78 is 0. The van der Waals surface area contributed by atoms with Gasteiger partial charge in [-0.1, -0.05) is 36.4 Å². The van der Waals surface area contributed by atoms with E-state index in [1.807, 2.05) is 12.1 Å². The first-order valence-electron chi connectivity index (χ1n) is 4.27. The minimum Gasteiger partial charge on any atom is -0.508 e. The van der Waals surface area contributed by atoms with Crippen LogP contribution in [0.4, 0.5) is 0 Å². The van der Waals surface area contributed by atoms with Crippen molar-refractivity contribution in [1.82, 2.24) is 0 Å². The van der Waals surface area contributed by atoms with Gasteiger partial charge in [0.05, 0.1) is 0 Å². The van der Waals surface area contributed by atoms with Gasteiger partial charge in [0.15, 0.2) is 0 Å². The van der Waals surface area contributed by atoms with Gasteiger partial charge in [-0.25, -0.2) is 0 Å². The average molecular weight is 228 g/mol. The number of aromatic hydroxyl groups is 2. The SMILES string of the molecule is Oc1ccccc1.Oc1ccccc1.[Ar]. The zero-order valence-electron chi connectivity index (χ0n) is 8.02. The van der Waals surface area contributed by atoms with Crippen LogP contribution < -0.4 is 0 Å². The molecule has 0 bridgehead atoms. The molecule has 0 saturated heterocycles. The maximum absolute atomic E-state index is 8.63. The number of phenolic OH excluding ortho intramolecular Hbond substituents is 2. The molecule has 0 atom stereocenters. The largest absolute Gasteiger partial charge is 0.508 e. The summed E-state index contributed by atoms with van der Waals surface area (Å²) in [6.07, 6.45) is 0. The molecule has 0 spiro atoms. The van der Waals surface area contributed by atoms with Crippen LogP contribution in [0.3, 0.4) is 0 Å². The van der Waals surface area contributed by atoms with Crippen LogP contribution in [0.25, 0.3) is 0 Å². The number of benzene rings is 2. The van der Waals surface area contributed by atoms with Gasteiger partial charge in [-0.2, -0.15) is 0 Å². The van der Waals surface area contributed by atoms with E-state index in [-0.39, 0.29) is 37.7 Å². The first kappa shape index (κ1) is 14.3. The summed E-state index contributed by atoms with van der Waals surface area (Å²) in [5.74, 6) is 0.644. The van der Waals surface area contributed by atoms with Crippen molar-refractivity contribution in [3.05, 3.63) is 60.7 Å². The van der Waals surface area contributed by atoms with E-state index in [2.05, 4.69) is 0 Å². The molecule has 2 aromatic rings. The molecule has 2 N–H and O–H groups in total. The van der Waals surface area contributed by atoms with Crippen LogP contribution in [0.2, 0.25) is 0 Å². The average Bonchev–Trinajstić information content (AvgIpc) is 2.21. The van der Waals surface area contributed by atoms with Gasteiger partial charge in [-0.15, -0.1) is 0 Å². The molecule has 0 fully saturated rings. The Hall–Kier alpha value is -0.700. The predicted octanol–water partition coefficient (Wildman–Crippen LogP) is 2.78. The minimum atomic E-state index is 0. The molecule has 2 aromatic carbocycles. The molecule has 0 saturated carbocycles. The van der Waals surface area contributed by atoms with Gasteiger partial charge >= 0.3 is 0 Å². The van der Waals surface area contributed by atoms with E-state index in [4.69, 9.17) is 10.2 Å². The van der Waals surface area contributed by atoms with Crippen molar-refractivity contribution in [2.24, 2.45) is 0 Å². The van der Waals surface area contributed by atoms with Crippen LogP contribution >= 0.6 is 0 Å². The fourth-order valence-electron chi connectivity index (χ4n) is 0.856. The van der Waals surface area contributed by atoms with Gasteiger partial charge in [0, 0.05) is 37.7 Å². The normalized spacial score (nSPS) is 8.00. The maximum atomic E-state index is 8.63. The summed E-state index contributed by atoms with van der Waals surface area (Å²) in [7, 11) is 0. The second-order valence-electron chi connectivity index (χ2n) is 2.67. The molecule has 0 aliphatic carbocycles. The maximum Gasteiger partial charge on any atom is 0.115 e. The standard InChI is InChI=1S/2C6H6O.Ar/c2*7-6-4-2-1-3-5-6;/h2*1-5,7H;. The van der Waals surface area contributed by atoms with Gasteiger partial charge in [0.2, 0.25) is 0 Å². The summed E-state index contributed by atoms with van der Waals surface area (Å²) in [6, 6.07) is 17.4. The van der Waals surface area contributed by atoms with Gasteiger partial charge in [0.25, 0.3) is 0 Å². The number of hydrogen-bond donors (Lipinski definition) is 2. The smallest absolute Gasteiger partial charge is 0.115 e. The summed E-state index contributed by atoms with van der Waals surface area (Å²) >= 11 is 0. The van der Waals surface area contributed by atoms with E-state index in [0.29, 0.717) is 11.5 Å².